The molecular formula is C33H26N4O6S. The van der Waals surface area contributed by atoms with Gasteiger partial charge in [-0.05, 0) is 72.7 Å². The SMILES string of the molecule is Cc1ccccc1/C=C(\NC(=O)c1ccccc1)C(=O)Nc1ccc(SC2CC(=O)N(c3ccc([N+](=O)[O-])cc3)C2=O)cc1. The number of aryl methyl sites for hydroxylation is 1. The molecule has 0 saturated carbocycles. The first-order valence-corrected chi connectivity index (χ1v) is 14.4. The van der Waals surface area contributed by atoms with E-state index in [4.69, 9.17) is 0 Å². The largest absolute Gasteiger partial charge is 0.321 e. The third-order valence-electron chi connectivity index (χ3n) is 6.83. The van der Waals surface area contributed by atoms with Crippen molar-refractivity contribution < 1.29 is 24.1 Å². The number of carbonyl (C=O) groups is 4. The van der Waals surface area contributed by atoms with Crippen LogP contribution >= 0.6 is 11.8 Å². The number of rotatable bonds is 9. The van der Waals surface area contributed by atoms with Gasteiger partial charge in [0.1, 0.15) is 5.70 Å². The molecule has 4 amide bonds. The summed E-state index contributed by atoms with van der Waals surface area (Å²) in [6.07, 6.45) is 1.60. The molecule has 44 heavy (non-hydrogen) atoms. The van der Waals surface area contributed by atoms with Gasteiger partial charge in [0, 0.05) is 34.7 Å². The van der Waals surface area contributed by atoms with Crippen LogP contribution in [0, 0.1) is 17.0 Å². The van der Waals surface area contributed by atoms with E-state index in [1.807, 2.05) is 31.2 Å². The highest BCUT2D eigenvalue weighted by Gasteiger charge is 2.40. The lowest BCUT2D eigenvalue weighted by Crippen LogP contribution is -2.31. The molecule has 1 aliphatic heterocycles. The van der Waals surface area contributed by atoms with Crippen molar-refractivity contribution in [3.05, 3.63) is 136 Å². The van der Waals surface area contributed by atoms with E-state index in [0.29, 0.717) is 16.1 Å². The Labute approximate surface area is 256 Å². The normalized spacial score (nSPS) is 14.8. The molecule has 1 fully saturated rings. The van der Waals surface area contributed by atoms with Crippen molar-refractivity contribution in [2.24, 2.45) is 0 Å². The van der Waals surface area contributed by atoms with Crippen molar-refractivity contribution in [2.45, 2.75) is 23.5 Å². The van der Waals surface area contributed by atoms with E-state index in [0.717, 1.165) is 16.0 Å². The minimum Gasteiger partial charge on any atom is -0.321 e. The molecule has 0 spiro atoms. The average Bonchev–Trinajstić information content (AvgIpc) is 3.30. The lowest BCUT2D eigenvalue weighted by molar-refractivity contribution is -0.384. The highest BCUT2D eigenvalue weighted by Crippen LogP contribution is 2.35. The van der Waals surface area contributed by atoms with Crippen LogP contribution in [0.2, 0.25) is 0 Å². The van der Waals surface area contributed by atoms with Gasteiger partial charge >= 0.3 is 0 Å². The Kier molecular flexibility index (Phi) is 8.96. The number of anilines is 2. The number of nitro benzene ring substituents is 1. The topological polar surface area (TPSA) is 139 Å². The van der Waals surface area contributed by atoms with Gasteiger partial charge in [-0.15, -0.1) is 11.8 Å². The van der Waals surface area contributed by atoms with Gasteiger partial charge in [0.25, 0.3) is 17.5 Å². The van der Waals surface area contributed by atoms with Gasteiger partial charge in [0.05, 0.1) is 15.9 Å². The van der Waals surface area contributed by atoms with E-state index in [1.54, 1.807) is 60.7 Å². The average molecular weight is 607 g/mol. The summed E-state index contributed by atoms with van der Waals surface area (Å²) in [5.74, 6) is -1.75. The number of nitrogens with zero attached hydrogens (tertiary/aromatic N) is 2. The van der Waals surface area contributed by atoms with Crippen LogP contribution in [0.25, 0.3) is 6.08 Å². The first kappa shape index (κ1) is 29.9. The fraction of sp³-hybridized carbons (Fsp3) is 0.0909. The van der Waals surface area contributed by atoms with Gasteiger partial charge in [0.2, 0.25) is 11.8 Å². The number of thioether (sulfide) groups is 1. The molecule has 5 rings (SSSR count). The fourth-order valence-corrected chi connectivity index (χ4v) is 5.57. The summed E-state index contributed by atoms with van der Waals surface area (Å²) in [6, 6.07) is 28.1. The van der Waals surface area contributed by atoms with E-state index in [-0.39, 0.29) is 23.5 Å². The van der Waals surface area contributed by atoms with E-state index < -0.39 is 33.8 Å². The van der Waals surface area contributed by atoms with Crippen molar-refractivity contribution in [1.82, 2.24) is 5.32 Å². The monoisotopic (exact) mass is 606 g/mol. The number of hydrogen-bond acceptors (Lipinski definition) is 7. The van der Waals surface area contributed by atoms with Gasteiger partial charge in [-0.1, -0.05) is 42.5 Å². The van der Waals surface area contributed by atoms with Crippen LogP contribution in [-0.2, 0) is 14.4 Å². The zero-order chi connectivity index (χ0) is 31.2. The Hall–Kier alpha value is -5.55. The Balaban J connectivity index is 1.27. The van der Waals surface area contributed by atoms with Crippen LogP contribution in [0.15, 0.2) is 114 Å². The Morgan fingerprint density at radius 2 is 1.57 bits per heavy atom. The van der Waals surface area contributed by atoms with E-state index >= 15 is 0 Å². The molecule has 1 aliphatic rings. The zero-order valence-electron chi connectivity index (χ0n) is 23.4. The first-order valence-electron chi connectivity index (χ1n) is 13.5. The quantitative estimate of drug-likeness (QED) is 0.107. The van der Waals surface area contributed by atoms with Crippen LogP contribution < -0.4 is 15.5 Å². The Morgan fingerprint density at radius 1 is 0.909 bits per heavy atom. The number of carbonyl (C=O) groups excluding carboxylic acids is 4. The molecule has 2 N–H and O–H groups in total. The summed E-state index contributed by atoms with van der Waals surface area (Å²) in [4.78, 5) is 64.0. The van der Waals surface area contributed by atoms with Crippen LogP contribution in [0.3, 0.4) is 0 Å². The maximum Gasteiger partial charge on any atom is 0.272 e. The minimum absolute atomic E-state index is 0.0207. The molecule has 10 nitrogen and oxygen atoms in total. The molecule has 220 valence electrons. The molecule has 4 aromatic rings. The number of nitro groups is 1. The predicted molar refractivity (Wildman–Crippen MR) is 168 cm³/mol. The second-order valence-corrected chi connectivity index (χ2v) is 11.1. The molecule has 1 atom stereocenters. The molecule has 11 heteroatoms. The number of hydrogen-bond donors (Lipinski definition) is 2. The standard InChI is InChI=1S/C33H26N4O6S/c1-21-7-5-6-10-23(21)19-28(35-31(39)22-8-3-2-4-9-22)32(40)34-24-11-17-27(18-12-24)44-29-20-30(38)36(33(29)41)25-13-15-26(16-14-25)37(42)43/h2-19,29H,20H2,1H3,(H,34,40)(H,35,39)/b28-19-. The van der Waals surface area contributed by atoms with Crippen LogP contribution in [0.5, 0.6) is 0 Å². The molecule has 1 unspecified atom stereocenters. The third kappa shape index (κ3) is 6.90. The smallest absolute Gasteiger partial charge is 0.272 e. The van der Waals surface area contributed by atoms with Gasteiger partial charge in [0.15, 0.2) is 0 Å². The van der Waals surface area contributed by atoms with Crippen molar-refractivity contribution in [1.29, 1.82) is 0 Å². The molecule has 0 bridgehead atoms. The molecule has 0 aliphatic carbocycles. The second-order valence-electron chi connectivity index (χ2n) is 9.86. The minimum atomic E-state index is -0.671. The van der Waals surface area contributed by atoms with Crippen LogP contribution in [-0.4, -0.2) is 33.8 Å². The van der Waals surface area contributed by atoms with Crippen LogP contribution in [0.4, 0.5) is 17.1 Å². The summed E-state index contributed by atoms with van der Waals surface area (Å²) < 4.78 is 0. The number of non-ortho nitro benzene ring substituents is 1. The van der Waals surface area contributed by atoms with Gasteiger partial charge in [-0.2, -0.15) is 0 Å². The van der Waals surface area contributed by atoms with Crippen molar-refractivity contribution in [3.63, 3.8) is 0 Å². The third-order valence-corrected chi connectivity index (χ3v) is 8.03. The van der Waals surface area contributed by atoms with E-state index in [1.165, 1.54) is 36.0 Å². The highest BCUT2D eigenvalue weighted by atomic mass is 32.2. The highest BCUT2D eigenvalue weighted by molar-refractivity contribution is 8.00. The molecule has 1 heterocycles. The molecule has 0 radical (unpaired) electrons. The zero-order valence-corrected chi connectivity index (χ0v) is 24.2. The molecular weight excluding hydrogens is 580 g/mol. The molecule has 1 saturated heterocycles. The van der Waals surface area contributed by atoms with E-state index in [2.05, 4.69) is 10.6 Å². The Bertz CT molecular complexity index is 1770. The summed E-state index contributed by atoms with van der Waals surface area (Å²) in [5, 5.41) is 15.8. The van der Waals surface area contributed by atoms with Gasteiger partial charge in [-0.25, -0.2) is 4.90 Å². The maximum absolute atomic E-state index is 13.3. The Morgan fingerprint density at radius 3 is 2.23 bits per heavy atom. The van der Waals surface area contributed by atoms with E-state index in [9.17, 15) is 29.3 Å². The summed E-state index contributed by atoms with van der Waals surface area (Å²) in [6.45, 7) is 1.91. The second kappa shape index (κ2) is 13.2. The number of benzene rings is 4. The van der Waals surface area contributed by atoms with Gasteiger partial charge in [-0.3, -0.25) is 29.3 Å². The maximum atomic E-state index is 13.3. The lowest BCUT2D eigenvalue weighted by Gasteiger charge is -2.15. The lowest BCUT2D eigenvalue weighted by atomic mass is 10.1. The molecule has 0 aromatic heterocycles. The first-order chi connectivity index (χ1) is 21.2. The number of imide groups is 1. The predicted octanol–water partition coefficient (Wildman–Crippen LogP) is 5.74. The summed E-state index contributed by atoms with van der Waals surface area (Å²) in [7, 11) is 0. The van der Waals surface area contributed by atoms with Crippen molar-refractivity contribution in [2.75, 3.05) is 10.2 Å². The summed E-state index contributed by atoms with van der Waals surface area (Å²) in [5.41, 5.74) is 2.78. The van der Waals surface area contributed by atoms with Gasteiger partial charge < -0.3 is 10.6 Å². The number of nitrogens with one attached hydrogen (secondary N) is 2. The molecule has 4 aromatic carbocycles. The van der Waals surface area contributed by atoms with Crippen molar-refractivity contribution in [3.8, 4) is 0 Å². The number of amides is 4. The van der Waals surface area contributed by atoms with Crippen molar-refractivity contribution >= 4 is 58.5 Å². The fourth-order valence-electron chi connectivity index (χ4n) is 4.52. The van der Waals surface area contributed by atoms with Crippen LogP contribution in [0.1, 0.15) is 27.9 Å². The summed E-state index contributed by atoms with van der Waals surface area (Å²) >= 11 is 1.21.